The summed E-state index contributed by atoms with van der Waals surface area (Å²) in [5.41, 5.74) is 6.36. The van der Waals surface area contributed by atoms with Crippen LogP contribution in [0.25, 0.3) is 0 Å². The van der Waals surface area contributed by atoms with Crippen molar-refractivity contribution in [2.24, 2.45) is 10.8 Å². The zero-order valence-corrected chi connectivity index (χ0v) is 45.9. The molecule has 0 aromatic heterocycles. The number of nitrogens with zero attached hydrogens (tertiary/aromatic N) is 4. The van der Waals surface area contributed by atoms with Gasteiger partial charge in [-0.2, -0.15) is 0 Å². The Kier molecular flexibility index (Phi) is 15.1. The van der Waals surface area contributed by atoms with Crippen molar-refractivity contribution in [1.29, 1.82) is 0 Å². The van der Waals surface area contributed by atoms with Crippen LogP contribution in [0, 0.1) is 10.8 Å². The van der Waals surface area contributed by atoms with E-state index in [9.17, 15) is 50.4 Å². The van der Waals surface area contributed by atoms with Crippen LogP contribution in [0.4, 0.5) is 50.4 Å². The summed E-state index contributed by atoms with van der Waals surface area (Å²) in [5.74, 6) is 4.34. The van der Waals surface area contributed by atoms with Gasteiger partial charge in [-0.25, -0.2) is 0 Å². The topological polar surface area (TPSA) is 12.5 Å². The molecule has 72 heavy (non-hydrogen) atoms. The maximum atomic E-state index is 9.87. The molecule has 3 aliphatic heterocycles. The van der Waals surface area contributed by atoms with Gasteiger partial charge in [0, 0.05) is 75.7 Å². The summed E-state index contributed by atoms with van der Waals surface area (Å²) in [7, 11) is -21.3. The van der Waals surface area contributed by atoms with Crippen LogP contribution < -0.4 is 0 Å². The fraction of sp³-hybridized carbons (Fsp3) is 0.480. The second-order valence-electron chi connectivity index (χ2n) is 20.7. The van der Waals surface area contributed by atoms with Gasteiger partial charge >= 0.3 is 66.0 Å². The number of benzene rings is 4. The first-order valence-electron chi connectivity index (χ1n) is 23.6. The molecule has 4 atom stereocenters. The van der Waals surface area contributed by atoms with Crippen molar-refractivity contribution >= 4 is 75.3 Å². The van der Waals surface area contributed by atoms with Crippen LogP contribution in [-0.2, 0) is 26.2 Å². The number of hydrogen-bond acceptors (Lipinski definition) is 6. The van der Waals surface area contributed by atoms with Crippen LogP contribution in [-0.4, -0.2) is 77.8 Å². The maximum absolute atomic E-state index is 10.7. The van der Waals surface area contributed by atoms with E-state index in [0.29, 0.717) is 12.1 Å². The molecule has 8 bridgehead atoms. The van der Waals surface area contributed by atoms with Crippen molar-refractivity contribution in [2.45, 2.75) is 136 Å². The summed E-state index contributed by atoms with van der Waals surface area (Å²) in [6, 6.07) is 37.9. The first-order chi connectivity index (χ1) is 32.9. The Morgan fingerprint density at radius 1 is 0.417 bits per heavy atom. The summed E-state index contributed by atoms with van der Waals surface area (Å²) in [6.07, 6.45) is 9.98. The number of hydrogen-bond donors (Lipinski definition) is 0. The fourth-order valence-corrected chi connectivity index (χ4v) is 15.3. The molecule has 0 N–H and O–H groups in total. The van der Waals surface area contributed by atoms with E-state index >= 15 is 0 Å². The second kappa shape index (κ2) is 19.1. The van der Waals surface area contributed by atoms with Gasteiger partial charge in [0.25, 0.3) is 0 Å². The van der Waals surface area contributed by atoms with Crippen LogP contribution in [0.3, 0.4) is 0 Å². The molecule has 22 heteroatoms. The fourth-order valence-electron chi connectivity index (χ4n) is 11.1. The molecule has 3 heterocycles. The molecule has 400 valence electrons. The van der Waals surface area contributed by atoms with Crippen molar-refractivity contribution in [1.82, 2.24) is 9.80 Å². The predicted octanol–water partition coefficient (Wildman–Crippen LogP) is 18.5. The van der Waals surface area contributed by atoms with E-state index in [1.54, 1.807) is 0 Å². The van der Waals surface area contributed by atoms with E-state index in [2.05, 4.69) is 170 Å². The second-order valence-corrected chi connectivity index (χ2v) is 29.1. The predicted molar refractivity (Wildman–Crippen MR) is 277 cm³/mol. The molecule has 2 aliphatic carbocycles. The van der Waals surface area contributed by atoms with Crippen molar-refractivity contribution in [3.63, 3.8) is 0 Å². The van der Waals surface area contributed by atoms with Crippen molar-refractivity contribution in [2.75, 3.05) is 23.0 Å². The van der Waals surface area contributed by atoms with E-state index in [1.807, 2.05) is 47.0 Å². The summed E-state index contributed by atoms with van der Waals surface area (Å²) in [6.45, 7) is 19.0. The van der Waals surface area contributed by atoms with Gasteiger partial charge in [0.05, 0.1) is 0 Å². The molecule has 4 aromatic carbocycles. The van der Waals surface area contributed by atoms with E-state index < -0.39 is 15.6 Å². The third kappa shape index (κ3) is 14.8. The van der Waals surface area contributed by atoms with Gasteiger partial charge in [-0.05, 0) is 63.8 Å². The number of rotatable bonds is 0. The molecule has 4 nitrogen and oxygen atoms in total. The summed E-state index contributed by atoms with van der Waals surface area (Å²) in [4.78, 5) is 11.2. The van der Waals surface area contributed by atoms with E-state index in [1.165, 1.54) is 67.5 Å². The average molecular weight is 1140 g/mol. The SMILES string of the molecule is CC1(C)[C@@H]2CC[C@@]1(C)N1C=[N+]2Cc2ccccc2SCCSc2ccccc2CN2C=[N+](Cc3ccccc3SCCSc3ccccc3C1)[C@H]1CC[C@]2(C)C1(C)C.F[P-](F)(F)(F)(F)F.F[P-](F)(F)(F)(F)F. The Balaban J connectivity index is 0.000000478. The first-order valence-corrected chi connectivity index (χ1v) is 31.6. The Labute approximate surface area is 431 Å². The van der Waals surface area contributed by atoms with E-state index in [0.717, 1.165) is 49.2 Å². The van der Waals surface area contributed by atoms with Crippen LogP contribution >= 0.6 is 62.7 Å². The molecular weight excluding hydrogens is 1070 g/mol. The Bertz CT molecular complexity index is 2500. The van der Waals surface area contributed by atoms with E-state index in [4.69, 9.17) is 0 Å². The summed E-state index contributed by atoms with van der Waals surface area (Å²) < 4.78 is 124. The van der Waals surface area contributed by atoms with Crippen LogP contribution in [0.5, 0.6) is 0 Å². The molecule has 4 aromatic rings. The van der Waals surface area contributed by atoms with Crippen molar-refractivity contribution in [3.05, 3.63) is 119 Å². The minimum absolute atomic E-state index is 0.116. The first kappa shape index (κ1) is 57.0. The molecule has 9 rings (SSSR count). The Morgan fingerprint density at radius 3 is 0.958 bits per heavy atom. The molecule has 0 saturated heterocycles. The van der Waals surface area contributed by atoms with Gasteiger partial charge < -0.3 is 0 Å². The normalized spacial score (nSPS) is 27.3. The van der Waals surface area contributed by atoms with Crippen molar-refractivity contribution < 1.29 is 59.5 Å². The van der Waals surface area contributed by atoms with Gasteiger partial charge in [-0.1, -0.05) is 100 Å². The number of fused-ring (bicyclic) bond motifs is 14. The van der Waals surface area contributed by atoms with E-state index in [-0.39, 0.29) is 21.9 Å². The molecule has 0 radical (unpaired) electrons. The van der Waals surface area contributed by atoms with Gasteiger partial charge in [0.15, 0.2) is 0 Å². The summed E-state index contributed by atoms with van der Waals surface area (Å²) >= 11 is 8.16. The van der Waals surface area contributed by atoms with Gasteiger partial charge in [0.1, 0.15) is 49.3 Å². The number of halogens is 12. The Hall–Kier alpha value is -2.76. The van der Waals surface area contributed by atoms with Crippen LogP contribution in [0.15, 0.2) is 117 Å². The zero-order valence-electron chi connectivity index (χ0n) is 40.9. The molecule has 0 unspecified atom stereocenters. The standard InChI is InChI=1S/C50H62N4S4.2F6P/c1-47(2)45-23-25-49(47,5)53-33-39-17-9-13-21-43(39)57-29-28-56-42-20-12-8-16-38(42)32-52-36-54(50(6)26-24-46(52)48(50,3)4)34-40-18-10-14-22-44(40)58-30-27-55-41-19-11-7-15-37(41)31-51(45)35-53;2*1-7(2,3,4,5)6/h7-22,35-36,45-46H,23-34H2,1-6H3;;/q+2;2*-1/t45-,46-,49+,50+;;/m0../s1. The van der Waals surface area contributed by atoms with Gasteiger partial charge in [-0.3, -0.25) is 19.0 Å². The quantitative estimate of drug-likeness (QED) is 0.0981. The molecular formula is C50H62F12N4P2S4. The molecule has 2 fully saturated rings. The van der Waals surface area contributed by atoms with Gasteiger partial charge in [0.2, 0.25) is 12.7 Å². The monoisotopic (exact) mass is 1140 g/mol. The molecule has 0 amide bonds. The number of thioether (sulfide) groups is 4. The molecule has 5 aliphatic rings. The molecule has 2 saturated carbocycles. The zero-order chi connectivity index (χ0) is 52.9. The molecule has 0 spiro atoms. The Morgan fingerprint density at radius 2 is 0.667 bits per heavy atom. The van der Waals surface area contributed by atoms with Crippen LogP contribution in [0.2, 0.25) is 0 Å². The van der Waals surface area contributed by atoms with Gasteiger partial charge in [-0.15, -0.1) is 47.0 Å². The minimum atomic E-state index is -10.7. The average Bonchev–Trinajstić information content (AvgIpc) is 3.49. The third-order valence-electron chi connectivity index (χ3n) is 15.4. The van der Waals surface area contributed by atoms with Crippen LogP contribution in [0.1, 0.15) is 89.5 Å². The third-order valence-corrected chi connectivity index (χ3v) is 20.4. The van der Waals surface area contributed by atoms with Crippen molar-refractivity contribution in [3.8, 4) is 0 Å². The summed E-state index contributed by atoms with van der Waals surface area (Å²) in [5, 5.41) is 0.